The summed E-state index contributed by atoms with van der Waals surface area (Å²) in [5.41, 5.74) is 0.954. The molecular weight excluding hydrogens is 438 g/mol. The van der Waals surface area contributed by atoms with E-state index < -0.39 is 17.6 Å². The number of benzene rings is 1. The van der Waals surface area contributed by atoms with Crippen LogP contribution < -0.4 is 15.5 Å². The highest BCUT2D eigenvalue weighted by Gasteiger charge is 2.36. The number of halogens is 4. The van der Waals surface area contributed by atoms with Crippen LogP contribution in [0, 0.1) is 12.7 Å². The Morgan fingerprint density at radius 3 is 2.52 bits per heavy atom. The van der Waals surface area contributed by atoms with E-state index in [1.165, 1.54) is 10.5 Å². The highest BCUT2D eigenvalue weighted by Crippen LogP contribution is 2.41. The van der Waals surface area contributed by atoms with Crippen LogP contribution in [0.25, 0.3) is 16.6 Å². The smallest absolute Gasteiger partial charge is 0.368 e. The summed E-state index contributed by atoms with van der Waals surface area (Å²) in [5, 5.41) is 12.9. The molecule has 0 unspecified atom stereocenters. The SMILES string of the molecule is Cc1cn2cc(Nc3n[nH]c4cc(N5C[C@@H](C)N[C@H](C)C5)cc(C(F)(F)F)c34)cc(F)c2n1. The first-order chi connectivity index (χ1) is 15.6. The Kier molecular flexibility index (Phi) is 4.96. The predicted molar refractivity (Wildman–Crippen MR) is 119 cm³/mol. The molecule has 7 nitrogen and oxygen atoms in total. The number of fused-ring (bicyclic) bond motifs is 2. The standard InChI is InChI=1S/C22H23F4N7/c1-11-7-32(8-12(2)27-11)15-5-16(22(24,25)26)19-18(6-15)30-31-20(19)29-14-4-17(23)21-28-13(3)9-33(21)10-14/h4-6,9-12,27H,7-8H2,1-3H3,(H2,29,30,31)/t11-,12-/m1/s1. The molecular formula is C22H23F4N7. The van der Waals surface area contributed by atoms with Crippen molar-refractivity contribution in [2.24, 2.45) is 0 Å². The van der Waals surface area contributed by atoms with Crippen molar-refractivity contribution in [1.29, 1.82) is 0 Å². The molecule has 1 aliphatic rings. The van der Waals surface area contributed by atoms with Gasteiger partial charge in [-0.3, -0.25) is 5.10 Å². The van der Waals surface area contributed by atoms with E-state index in [0.717, 1.165) is 6.07 Å². The van der Waals surface area contributed by atoms with Gasteiger partial charge in [-0.1, -0.05) is 0 Å². The Balaban J connectivity index is 1.58. The minimum atomic E-state index is -4.60. The molecule has 11 heteroatoms. The molecule has 0 amide bonds. The number of H-pyrrole nitrogens is 1. The number of anilines is 3. The van der Waals surface area contributed by atoms with E-state index in [-0.39, 0.29) is 40.1 Å². The Bertz CT molecular complexity index is 1330. The number of piperazine rings is 1. The molecule has 1 fully saturated rings. The minimum absolute atomic E-state index is 0.0264. The molecule has 4 heterocycles. The van der Waals surface area contributed by atoms with Gasteiger partial charge in [-0.2, -0.15) is 18.3 Å². The molecule has 1 saturated heterocycles. The lowest BCUT2D eigenvalue weighted by atomic mass is 10.0. The number of pyridine rings is 1. The van der Waals surface area contributed by atoms with E-state index in [2.05, 4.69) is 25.8 Å². The van der Waals surface area contributed by atoms with Crippen molar-refractivity contribution in [2.75, 3.05) is 23.3 Å². The van der Waals surface area contributed by atoms with Gasteiger partial charge in [-0.05, 0) is 32.9 Å². The molecule has 5 rings (SSSR count). The zero-order valence-corrected chi connectivity index (χ0v) is 18.3. The number of aromatic nitrogens is 4. The highest BCUT2D eigenvalue weighted by molar-refractivity contribution is 5.96. The van der Waals surface area contributed by atoms with Crippen molar-refractivity contribution >= 4 is 33.7 Å². The van der Waals surface area contributed by atoms with Gasteiger partial charge in [0.25, 0.3) is 0 Å². The number of hydrogen-bond acceptors (Lipinski definition) is 5. The molecule has 0 bridgehead atoms. The maximum atomic E-state index is 14.5. The number of nitrogens with one attached hydrogen (secondary N) is 3. The van der Waals surface area contributed by atoms with E-state index in [4.69, 9.17) is 0 Å². The second kappa shape index (κ2) is 7.62. The van der Waals surface area contributed by atoms with Gasteiger partial charge in [0, 0.05) is 49.3 Å². The molecule has 0 spiro atoms. The summed E-state index contributed by atoms with van der Waals surface area (Å²) in [7, 11) is 0. The number of alkyl halides is 3. The summed E-state index contributed by atoms with van der Waals surface area (Å²) in [5.74, 6) is -0.616. The third kappa shape index (κ3) is 3.97. The lowest BCUT2D eigenvalue weighted by Gasteiger charge is -2.38. The van der Waals surface area contributed by atoms with Gasteiger partial charge in [-0.25, -0.2) is 9.37 Å². The third-order valence-corrected chi connectivity index (χ3v) is 5.77. The Morgan fingerprint density at radius 1 is 1.09 bits per heavy atom. The lowest BCUT2D eigenvalue weighted by molar-refractivity contribution is -0.136. The van der Waals surface area contributed by atoms with Crippen molar-refractivity contribution in [3.8, 4) is 0 Å². The van der Waals surface area contributed by atoms with Gasteiger partial charge in [0.15, 0.2) is 17.3 Å². The Hall–Kier alpha value is -3.34. The first-order valence-corrected chi connectivity index (χ1v) is 10.6. The van der Waals surface area contributed by atoms with Crippen LogP contribution in [0.15, 0.2) is 30.6 Å². The highest BCUT2D eigenvalue weighted by atomic mass is 19.4. The summed E-state index contributed by atoms with van der Waals surface area (Å²) in [6.45, 7) is 6.92. The van der Waals surface area contributed by atoms with Crippen molar-refractivity contribution < 1.29 is 17.6 Å². The number of nitrogens with zero attached hydrogens (tertiary/aromatic N) is 4. The number of hydrogen-bond donors (Lipinski definition) is 3. The zero-order chi connectivity index (χ0) is 23.5. The molecule has 1 aliphatic heterocycles. The number of rotatable bonds is 3. The minimum Gasteiger partial charge on any atom is -0.368 e. The number of imidazole rings is 1. The molecule has 2 atom stereocenters. The fraction of sp³-hybridized carbons (Fsp3) is 0.364. The Morgan fingerprint density at radius 2 is 1.82 bits per heavy atom. The lowest BCUT2D eigenvalue weighted by Crippen LogP contribution is -2.54. The van der Waals surface area contributed by atoms with Gasteiger partial charge in [0.2, 0.25) is 0 Å². The van der Waals surface area contributed by atoms with Crippen molar-refractivity contribution in [3.63, 3.8) is 0 Å². The zero-order valence-electron chi connectivity index (χ0n) is 18.3. The van der Waals surface area contributed by atoms with Crippen LogP contribution >= 0.6 is 0 Å². The van der Waals surface area contributed by atoms with Crippen LogP contribution in [-0.4, -0.2) is 44.8 Å². The molecule has 3 N–H and O–H groups in total. The third-order valence-electron chi connectivity index (χ3n) is 5.77. The summed E-state index contributed by atoms with van der Waals surface area (Å²) in [4.78, 5) is 6.04. The summed E-state index contributed by atoms with van der Waals surface area (Å²) >= 11 is 0. The summed E-state index contributed by atoms with van der Waals surface area (Å²) in [6, 6.07) is 4.32. The maximum absolute atomic E-state index is 14.5. The second-order valence-corrected chi connectivity index (χ2v) is 8.67. The molecule has 0 aliphatic carbocycles. The van der Waals surface area contributed by atoms with E-state index in [9.17, 15) is 17.6 Å². The Labute approximate surface area is 186 Å². The molecule has 4 aromatic rings. The molecule has 3 aromatic heterocycles. The van der Waals surface area contributed by atoms with E-state index in [1.54, 1.807) is 25.4 Å². The van der Waals surface area contributed by atoms with Gasteiger partial charge in [0.1, 0.15) is 0 Å². The van der Waals surface area contributed by atoms with Crippen molar-refractivity contribution in [3.05, 3.63) is 47.7 Å². The van der Waals surface area contributed by atoms with Crippen molar-refractivity contribution in [2.45, 2.75) is 39.0 Å². The molecule has 0 saturated carbocycles. The van der Waals surface area contributed by atoms with Gasteiger partial charge in [-0.15, -0.1) is 0 Å². The fourth-order valence-electron chi connectivity index (χ4n) is 4.56. The van der Waals surface area contributed by atoms with Gasteiger partial charge >= 0.3 is 6.18 Å². The van der Waals surface area contributed by atoms with Crippen LogP contribution in [0.1, 0.15) is 25.1 Å². The predicted octanol–water partition coefficient (Wildman–Crippen LogP) is 4.61. The van der Waals surface area contributed by atoms with Crippen molar-refractivity contribution in [1.82, 2.24) is 24.9 Å². The fourth-order valence-corrected chi connectivity index (χ4v) is 4.56. The monoisotopic (exact) mass is 461 g/mol. The van der Waals surface area contributed by atoms with E-state index >= 15 is 0 Å². The molecule has 33 heavy (non-hydrogen) atoms. The second-order valence-electron chi connectivity index (χ2n) is 8.67. The van der Waals surface area contributed by atoms with E-state index in [0.29, 0.717) is 24.5 Å². The first-order valence-electron chi connectivity index (χ1n) is 10.6. The van der Waals surface area contributed by atoms with Crippen LogP contribution in [0.2, 0.25) is 0 Å². The quantitative estimate of drug-likeness (QED) is 0.389. The molecule has 0 radical (unpaired) electrons. The van der Waals surface area contributed by atoms with Crippen LogP contribution in [0.3, 0.4) is 0 Å². The van der Waals surface area contributed by atoms with Gasteiger partial charge in [0.05, 0.1) is 27.8 Å². The first kappa shape index (κ1) is 21.5. The summed E-state index contributed by atoms with van der Waals surface area (Å²) < 4.78 is 58.3. The largest absolute Gasteiger partial charge is 0.417 e. The number of aryl methyl sites for hydroxylation is 1. The topological polar surface area (TPSA) is 73.3 Å². The van der Waals surface area contributed by atoms with Crippen LogP contribution in [0.5, 0.6) is 0 Å². The maximum Gasteiger partial charge on any atom is 0.417 e. The van der Waals surface area contributed by atoms with E-state index in [1.807, 2.05) is 18.7 Å². The van der Waals surface area contributed by atoms with Gasteiger partial charge < -0.3 is 19.9 Å². The average molecular weight is 461 g/mol. The van der Waals surface area contributed by atoms with Crippen LogP contribution in [0.4, 0.5) is 34.8 Å². The molecule has 174 valence electrons. The average Bonchev–Trinajstić information content (AvgIpc) is 3.29. The van der Waals surface area contributed by atoms with Crippen LogP contribution in [-0.2, 0) is 6.18 Å². The number of aromatic amines is 1. The normalized spacial score (nSPS) is 19.5. The summed E-state index contributed by atoms with van der Waals surface area (Å²) in [6.07, 6.45) is -1.41. The molecule has 1 aromatic carbocycles.